The van der Waals surface area contributed by atoms with Crippen LogP contribution in [0.2, 0.25) is 0 Å². The third-order valence-electron chi connectivity index (χ3n) is 2.95. The molecule has 1 N–H and O–H groups in total. The maximum Gasteiger partial charge on any atom is 0.342 e. The number of esters is 2. The van der Waals surface area contributed by atoms with Crippen LogP contribution in [0.5, 0.6) is 0 Å². The molecule has 0 aromatic carbocycles. The third-order valence-corrected chi connectivity index (χ3v) is 3.85. The van der Waals surface area contributed by atoms with E-state index in [4.69, 9.17) is 14.2 Å². The Morgan fingerprint density at radius 1 is 1.13 bits per heavy atom. The number of amides is 1. The molecule has 0 fully saturated rings. The van der Waals surface area contributed by atoms with Gasteiger partial charge in [0.2, 0.25) is 0 Å². The lowest BCUT2D eigenvalue weighted by molar-refractivity contribution is -0.125. The molecule has 23 heavy (non-hydrogen) atoms. The molecule has 0 saturated carbocycles. The molecule has 0 radical (unpaired) electrons. The lowest BCUT2D eigenvalue weighted by Gasteiger charge is -2.13. The summed E-state index contributed by atoms with van der Waals surface area (Å²) in [6, 6.07) is 0. The van der Waals surface area contributed by atoms with Crippen LogP contribution in [-0.4, -0.2) is 44.3 Å². The predicted octanol–water partition coefficient (Wildman–Crippen LogP) is 2.47. The summed E-state index contributed by atoms with van der Waals surface area (Å²) in [4.78, 5) is 36.2. The Hall–Kier alpha value is -1.93. The van der Waals surface area contributed by atoms with E-state index in [-0.39, 0.29) is 29.3 Å². The van der Waals surface area contributed by atoms with Gasteiger partial charge in [0.15, 0.2) is 0 Å². The summed E-state index contributed by atoms with van der Waals surface area (Å²) in [6.07, 6.45) is -0.161. The molecule has 0 spiro atoms. The van der Waals surface area contributed by atoms with Crippen molar-refractivity contribution >= 4 is 34.2 Å². The first-order valence-corrected chi connectivity index (χ1v) is 8.17. The number of hydrogen-bond donors (Lipinski definition) is 1. The van der Waals surface area contributed by atoms with Crippen molar-refractivity contribution in [1.29, 1.82) is 0 Å². The van der Waals surface area contributed by atoms with Gasteiger partial charge in [-0.05, 0) is 20.3 Å². The number of anilines is 1. The average Bonchev–Trinajstić information content (AvgIpc) is 2.92. The van der Waals surface area contributed by atoms with E-state index in [0.29, 0.717) is 6.42 Å². The number of thiophene rings is 1. The molecule has 0 bridgehead atoms. The van der Waals surface area contributed by atoms with E-state index in [1.54, 1.807) is 20.8 Å². The largest absolute Gasteiger partial charge is 0.462 e. The highest BCUT2D eigenvalue weighted by Crippen LogP contribution is 2.30. The van der Waals surface area contributed by atoms with Crippen LogP contribution in [0.3, 0.4) is 0 Å². The fourth-order valence-corrected chi connectivity index (χ4v) is 2.79. The maximum atomic E-state index is 12.1. The highest BCUT2D eigenvalue weighted by Gasteiger charge is 2.27. The molecule has 1 rings (SSSR count). The smallest absolute Gasteiger partial charge is 0.342 e. The summed E-state index contributed by atoms with van der Waals surface area (Å²) in [5.74, 6) is -1.71. The van der Waals surface area contributed by atoms with Gasteiger partial charge in [-0.25, -0.2) is 9.59 Å². The van der Waals surface area contributed by atoms with Gasteiger partial charge in [-0.2, -0.15) is 0 Å². The standard InChI is InChI=1S/C15H21NO6S/c1-5-10(20-4)12(17)16-13-11(15(19)22-7-3)9(8-23-13)14(18)21-6-2/h8,10H,5-7H2,1-4H3,(H,16,17). The first kappa shape index (κ1) is 19.1. The van der Waals surface area contributed by atoms with Crippen molar-refractivity contribution < 1.29 is 28.6 Å². The number of ether oxygens (including phenoxy) is 3. The minimum Gasteiger partial charge on any atom is -0.462 e. The van der Waals surface area contributed by atoms with Crippen LogP contribution in [0, 0.1) is 0 Å². The molecule has 1 atom stereocenters. The Morgan fingerprint density at radius 2 is 1.74 bits per heavy atom. The first-order chi connectivity index (χ1) is 11.0. The highest BCUT2D eigenvalue weighted by atomic mass is 32.1. The molecule has 1 aromatic rings. The van der Waals surface area contributed by atoms with Crippen molar-refractivity contribution in [2.75, 3.05) is 25.6 Å². The van der Waals surface area contributed by atoms with Gasteiger partial charge in [0.25, 0.3) is 5.91 Å². The van der Waals surface area contributed by atoms with Crippen LogP contribution in [0.15, 0.2) is 5.38 Å². The van der Waals surface area contributed by atoms with Gasteiger partial charge >= 0.3 is 11.9 Å². The topological polar surface area (TPSA) is 90.9 Å². The van der Waals surface area contributed by atoms with Crippen molar-refractivity contribution in [3.8, 4) is 0 Å². The van der Waals surface area contributed by atoms with Crippen LogP contribution < -0.4 is 5.32 Å². The third kappa shape index (κ3) is 4.77. The van der Waals surface area contributed by atoms with Crippen LogP contribution in [0.4, 0.5) is 5.00 Å². The Kier molecular flexibility index (Phi) is 7.70. The zero-order valence-electron chi connectivity index (χ0n) is 13.6. The second-order valence-electron chi connectivity index (χ2n) is 4.42. The van der Waals surface area contributed by atoms with E-state index >= 15 is 0 Å². The molecule has 1 unspecified atom stereocenters. The fraction of sp³-hybridized carbons (Fsp3) is 0.533. The SMILES string of the molecule is CCOC(=O)c1csc(NC(=O)C(CC)OC)c1C(=O)OCC. The molecule has 0 saturated heterocycles. The van der Waals surface area contributed by atoms with E-state index in [0.717, 1.165) is 11.3 Å². The number of hydrogen-bond acceptors (Lipinski definition) is 7. The minimum atomic E-state index is -0.683. The zero-order chi connectivity index (χ0) is 17.4. The van der Waals surface area contributed by atoms with E-state index in [2.05, 4.69) is 5.32 Å². The summed E-state index contributed by atoms with van der Waals surface area (Å²) in [6.45, 7) is 5.46. The first-order valence-electron chi connectivity index (χ1n) is 7.29. The van der Waals surface area contributed by atoms with Gasteiger partial charge in [-0.15, -0.1) is 11.3 Å². The van der Waals surface area contributed by atoms with Crippen molar-refractivity contribution in [2.24, 2.45) is 0 Å². The van der Waals surface area contributed by atoms with Gasteiger partial charge in [-0.3, -0.25) is 4.79 Å². The Labute approximate surface area is 138 Å². The Morgan fingerprint density at radius 3 is 2.26 bits per heavy atom. The highest BCUT2D eigenvalue weighted by molar-refractivity contribution is 7.15. The van der Waals surface area contributed by atoms with Gasteiger partial charge in [0.05, 0.1) is 18.8 Å². The summed E-state index contributed by atoms with van der Waals surface area (Å²) in [7, 11) is 1.43. The average molecular weight is 343 g/mol. The Bertz CT molecular complexity index is 564. The maximum absolute atomic E-state index is 12.1. The van der Waals surface area contributed by atoms with Crippen LogP contribution in [0.25, 0.3) is 0 Å². The number of methoxy groups -OCH3 is 1. The second kappa shape index (κ2) is 9.26. The number of carbonyl (C=O) groups is 3. The zero-order valence-corrected chi connectivity index (χ0v) is 14.5. The van der Waals surface area contributed by atoms with Crippen molar-refractivity contribution in [3.05, 3.63) is 16.5 Å². The second-order valence-corrected chi connectivity index (χ2v) is 5.30. The molecule has 128 valence electrons. The number of rotatable bonds is 8. The summed E-state index contributed by atoms with van der Waals surface area (Å²) in [5, 5.41) is 4.32. The van der Waals surface area contributed by atoms with E-state index in [1.165, 1.54) is 12.5 Å². The molecular formula is C15H21NO6S. The van der Waals surface area contributed by atoms with Gasteiger partial charge < -0.3 is 19.5 Å². The summed E-state index contributed by atoms with van der Waals surface area (Å²) < 4.78 is 15.0. The lowest BCUT2D eigenvalue weighted by atomic mass is 10.2. The van der Waals surface area contributed by atoms with Crippen LogP contribution in [-0.2, 0) is 19.0 Å². The normalized spacial score (nSPS) is 11.7. The van der Waals surface area contributed by atoms with E-state index in [9.17, 15) is 14.4 Å². The molecule has 1 aromatic heterocycles. The van der Waals surface area contributed by atoms with E-state index < -0.39 is 23.9 Å². The molecule has 1 heterocycles. The van der Waals surface area contributed by atoms with Gasteiger partial charge in [0.1, 0.15) is 16.7 Å². The molecule has 8 heteroatoms. The quantitative estimate of drug-likeness (QED) is 0.729. The van der Waals surface area contributed by atoms with Gasteiger partial charge in [0, 0.05) is 12.5 Å². The summed E-state index contributed by atoms with van der Waals surface area (Å²) in [5.41, 5.74) is 0.0886. The molecule has 0 aliphatic rings. The molecular weight excluding hydrogens is 322 g/mol. The molecule has 0 aliphatic carbocycles. The van der Waals surface area contributed by atoms with Crippen molar-refractivity contribution in [1.82, 2.24) is 0 Å². The van der Waals surface area contributed by atoms with E-state index in [1.807, 2.05) is 0 Å². The van der Waals surface area contributed by atoms with Crippen molar-refractivity contribution in [3.63, 3.8) is 0 Å². The van der Waals surface area contributed by atoms with Crippen molar-refractivity contribution in [2.45, 2.75) is 33.3 Å². The summed E-state index contributed by atoms with van der Waals surface area (Å²) >= 11 is 1.06. The van der Waals surface area contributed by atoms with Crippen LogP contribution in [0.1, 0.15) is 47.9 Å². The minimum absolute atomic E-state index is 0.00889. The fourth-order valence-electron chi connectivity index (χ4n) is 1.87. The molecule has 7 nitrogen and oxygen atoms in total. The lowest BCUT2D eigenvalue weighted by Crippen LogP contribution is -2.29. The number of nitrogens with one attached hydrogen (secondary N) is 1. The van der Waals surface area contributed by atoms with Gasteiger partial charge in [-0.1, -0.05) is 6.92 Å². The Balaban J connectivity index is 3.14. The van der Waals surface area contributed by atoms with Crippen LogP contribution >= 0.6 is 11.3 Å². The molecule has 1 amide bonds. The predicted molar refractivity (Wildman–Crippen MR) is 85.9 cm³/mol. The number of carbonyl (C=O) groups excluding carboxylic acids is 3. The molecule has 0 aliphatic heterocycles. The monoisotopic (exact) mass is 343 g/mol.